The second kappa shape index (κ2) is 3.71. The first-order chi connectivity index (χ1) is 4.16. The van der Waals surface area contributed by atoms with Crippen molar-refractivity contribution in [3.8, 4) is 0 Å². The molecule has 52 valence electrons. The summed E-state index contributed by atoms with van der Waals surface area (Å²) in [6, 6.07) is 0. The summed E-state index contributed by atoms with van der Waals surface area (Å²) in [4.78, 5) is 14.2. The van der Waals surface area contributed by atoms with Gasteiger partial charge in [0.2, 0.25) is 0 Å². The van der Waals surface area contributed by atoms with Crippen molar-refractivity contribution in [1.29, 1.82) is 0 Å². The number of rotatable bonds is 1. The van der Waals surface area contributed by atoms with Crippen LogP contribution < -0.4 is 5.73 Å². The summed E-state index contributed by atoms with van der Waals surface area (Å²) in [7, 11) is 1.18. The van der Waals surface area contributed by atoms with E-state index in [9.17, 15) is 4.79 Å². The zero-order valence-corrected chi connectivity index (χ0v) is 5.25. The molecular formula is C4H8N2O3. The minimum atomic E-state index is -0.875. The van der Waals surface area contributed by atoms with Crippen molar-refractivity contribution in [3.63, 3.8) is 0 Å². The molecule has 0 atom stereocenters. The van der Waals surface area contributed by atoms with Crippen LogP contribution in [0.15, 0.2) is 5.16 Å². The van der Waals surface area contributed by atoms with Crippen molar-refractivity contribution >= 4 is 12.0 Å². The molecule has 2 N–H and O–H groups in total. The van der Waals surface area contributed by atoms with Crippen LogP contribution >= 0.6 is 0 Å². The van der Waals surface area contributed by atoms with E-state index >= 15 is 0 Å². The number of ether oxygens (including phenoxy) is 1. The number of methoxy groups -OCH3 is 1. The van der Waals surface area contributed by atoms with Crippen molar-refractivity contribution in [2.45, 2.75) is 6.92 Å². The molecule has 0 aliphatic rings. The van der Waals surface area contributed by atoms with E-state index in [4.69, 9.17) is 5.73 Å². The number of carbonyl (C=O) groups is 1. The minimum Gasteiger partial charge on any atom is -0.436 e. The summed E-state index contributed by atoms with van der Waals surface area (Å²) in [5.41, 5.74) is 5.01. The van der Waals surface area contributed by atoms with Gasteiger partial charge in [-0.25, -0.2) is 4.79 Å². The number of oxime groups is 1. The maximum Gasteiger partial charge on any atom is 0.534 e. The maximum absolute atomic E-state index is 10.1. The number of carbonyl (C=O) groups excluding carboxylic acids is 1. The molecule has 0 heterocycles. The van der Waals surface area contributed by atoms with Gasteiger partial charge in [-0.3, -0.25) is 4.84 Å². The van der Waals surface area contributed by atoms with Crippen molar-refractivity contribution < 1.29 is 14.4 Å². The van der Waals surface area contributed by atoms with Crippen LogP contribution in [0.1, 0.15) is 6.92 Å². The Morgan fingerprint density at radius 2 is 2.22 bits per heavy atom. The minimum absolute atomic E-state index is 0.167. The summed E-state index contributed by atoms with van der Waals surface area (Å²) in [5, 5.41) is 3.12. The topological polar surface area (TPSA) is 73.9 Å². The van der Waals surface area contributed by atoms with Gasteiger partial charge in [-0.15, -0.1) is 0 Å². The first-order valence-corrected chi connectivity index (χ1v) is 2.22. The number of hydrogen-bond donors (Lipinski definition) is 1. The summed E-state index contributed by atoms with van der Waals surface area (Å²) < 4.78 is 4.08. The molecule has 0 radical (unpaired) electrons. The number of hydrogen-bond acceptors (Lipinski definition) is 4. The molecule has 5 heteroatoms. The van der Waals surface area contributed by atoms with E-state index in [1.165, 1.54) is 14.0 Å². The Bertz CT molecular complexity index is 128. The lowest BCUT2D eigenvalue weighted by Crippen LogP contribution is -2.08. The smallest absolute Gasteiger partial charge is 0.436 e. The van der Waals surface area contributed by atoms with E-state index < -0.39 is 6.16 Å². The van der Waals surface area contributed by atoms with E-state index in [-0.39, 0.29) is 5.84 Å². The van der Waals surface area contributed by atoms with Gasteiger partial charge < -0.3 is 10.5 Å². The van der Waals surface area contributed by atoms with Crippen LogP contribution in [0.25, 0.3) is 0 Å². The van der Waals surface area contributed by atoms with Crippen LogP contribution in [0.2, 0.25) is 0 Å². The molecular weight excluding hydrogens is 124 g/mol. The third-order valence-corrected chi connectivity index (χ3v) is 0.431. The quantitative estimate of drug-likeness (QED) is 0.180. The fraction of sp³-hybridized carbons (Fsp3) is 0.500. The van der Waals surface area contributed by atoms with E-state index in [1.807, 2.05) is 0 Å². The van der Waals surface area contributed by atoms with Crippen LogP contribution in [0.3, 0.4) is 0 Å². The normalized spacial score (nSPS) is 10.7. The van der Waals surface area contributed by atoms with E-state index in [2.05, 4.69) is 14.7 Å². The van der Waals surface area contributed by atoms with E-state index in [0.29, 0.717) is 0 Å². The standard InChI is InChI=1S/C4H8N2O3/c1-3(5)6-9-4(7)8-2/h1-2H3,(H2,5,6). The molecule has 0 saturated heterocycles. The van der Waals surface area contributed by atoms with Crippen LogP contribution in [0.4, 0.5) is 4.79 Å². The van der Waals surface area contributed by atoms with Crippen LogP contribution in [-0.4, -0.2) is 19.1 Å². The molecule has 0 aromatic carbocycles. The lowest BCUT2D eigenvalue weighted by atomic mass is 10.7. The lowest BCUT2D eigenvalue weighted by Gasteiger charge is -1.92. The molecule has 0 aliphatic heterocycles. The third-order valence-electron chi connectivity index (χ3n) is 0.431. The average molecular weight is 132 g/mol. The molecule has 0 bridgehead atoms. The van der Waals surface area contributed by atoms with Gasteiger partial charge in [-0.05, 0) is 6.92 Å². The molecule has 0 amide bonds. The van der Waals surface area contributed by atoms with Gasteiger partial charge in [0.25, 0.3) is 0 Å². The molecule has 0 spiro atoms. The summed E-state index contributed by atoms with van der Waals surface area (Å²) in [6.07, 6.45) is -0.875. The highest BCUT2D eigenvalue weighted by Gasteiger charge is 1.96. The predicted molar refractivity (Wildman–Crippen MR) is 30.8 cm³/mol. The summed E-state index contributed by atoms with van der Waals surface area (Å²) in [6.45, 7) is 1.49. The molecule has 0 aromatic heterocycles. The Balaban J connectivity index is 3.50. The van der Waals surface area contributed by atoms with E-state index in [0.717, 1.165) is 0 Å². The zero-order chi connectivity index (χ0) is 7.28. The Morgan fingerprint density at radius 3 is 2.56 bits per heavy atom. The third kappa shape index (κ3) is 4.60. The van der Waals surface area contributed by atoms with Gasteiger partial charge in [0.05, 0.1) is 7.11 Å². The molecule has 0 saturated carbocycles. The lowest BCUT2D eigenvalue weighted by molar-refractivity contribution is 0.0751. The van der Waals surface area contributed by atoms with Gasteiger partial charge in [-0.1, -0.05) is 5.16 Å². The second-order valence-electron chi connectivity index (χ2n) is 1.28. The number of amidine groups is 1. The van der Waals surface area contributed by atoms with Gasteiger partial charge in [-0.2, -0.15) is 0 Å². The maximum atomic E-state index is 10.1. The SMILES string of the molecule is COC(=O)O/N=C(/C)N. The van der Waals surface area contributed by atoms with Crippen molar-refractivity contribution in [3.05, 3.63) is 0 Å². The van der Waals surface area contributed by atoms with Crippen LogP contribution in [0.5, 0.6) is 0 Å². The van der Waals surface area contributed by atoms with Crippen LogP contribution in [0, 0.1) is 0 Å². The summed E-state index contributed by atoms with van der Waals surface area (Å²) in [5.74, 6) is 0.167. The molecule has 0 fully saturated rings. The molecule has 5 nitrogen and oxygen atoms in total. The van der Waals surface area contributed by atoms with Crippen molar-refractivity contribution in [2.24, 2.45) is 10.9 Å². The predicted octanol–water partition coefficient (Wildman–Crippen LogP) is 0.0615. The van der Waals surface area contributed by atoms with Crippen LogP contribution in [-0.2, 0) is 9.57 Å². The zero-order valence-electron chi connectivity index (χ0n) is 5.25. The average Bonchev–Trinajstić information content (AvgIpc) is 1.83. The Morgan fingerprint density at radius 1 is 1.67 bits per heavy atom. The number of nitrogens with two attached hydrogens (primary N) is 1. The Hall–Kier alpha value is -1.26. The molecule has 9 heavy (non-hydrogen) atoms. The molecule has 0 aliphatic carbocycles. The fourth-order valence-electron chi connectivity index (χ4n) is 0.147. The van der Waals surface area contributed by atoms with E-state index in [1.54, 1.807) is 0 Å². The molecule has 0 aromatic rings. The fourth-order valence-corrected chi connectivity index (χ4v) is 0.147. The first kappa shape index (κ1) is 7.74. The Labute approximate surface area is 52.4 Å². The molecule has 0 unspecified atom stereocenters. The van der Waals surface area contributed by atoms with Gasteiger partial charge in [0, 0.05) is 0 Å². The van der Waals surface area contributed by atoms with Gasteiger partial charge in [0.1, 0.15) is 5.84 Å². The molecule has 0 rings (SSSR count). The number of nitrogens with zero attached hydrogens (tertiary/aromatic N) is 1. The monoisotopic (exact) mass is 132 g/mol. The van der Waals surface area contributed by atoms with Crippen molar-refractivity contribution in [2.75, 3.05) is 7.11 Å². The highest BCUT2D eigenvalue weighted by atomic mass is 16.8. The summed E-state index contributed by atoms with van der Waals surface area (Å²) >= 11 is 0. The van der Waals surface area contributed by atoms with Gasteiger partial charge >= 0.3 is 6.16 Å². The van der Waals surface area contributed by atoms with Gasteiger partial charge in [0.15, 0.2) is 0 Å². The Kier molecular flexibility index (Phi) is 3.19. The second-order valence-corrected chi connectivity index (χ2v) is 1.28. The van der Waals surface area contributed by atoms with Crippen molar-refractivity contribution in [1.82, 2.24) is 0 Å². The largest absolute Gasteiger partial charge is 0.534 e. The first-order valence-electron chi connectivity index (χ1n) is 2.22. The highest BCUT2D eigenvalue weighted by Crippen LogP contribution is 1.81. The highest BCUT2D eigenvalue weighted by molar-refractivity contribution is 5.77.